The zero-order valence-corrected chi connectivity index (χ0v) is 13.2. The van der Waals surface area contributed by atoms with Gasteiger partial charge in [0.05, 0.1) is 11.1 Å². The Kier molecular flexibility index (Phi) is 4.60. The predicted octanol–water partition coefficient (Wildman–Crippen LogP) is 4.17. The summed E-state index contributed by atoms with van der Waals surface area (Å²) in [6.45, 7) is 0. The van der Waals surface area contributed by atoms with Gasteiger partial charge in [0.15, 0.2) is 0 Å². The molecular formula is C16H18ClFN2S. The number of benzene rings is 1. The van der Waals surface area contributed by atoms with E-state index < -0.39 is 0 Å². The van der Waals surface area contributed by atoms with Crippen LogP contribution in [0.2, 0.25) is 5.02 Å². The number of thiophene rings is 1. The molecule has 5 heteroatoms. The number of nitrogens with two attached hydrogens (primary N) is 1. The molecule has 0 saturated heterocycles. The van der Waals surface area contributed by atoms with Crippen LogP contribution >= 0.6 is 22.9 Å². The Balaban J connectivity index is 1.81. The van der Waals surface area contributed by atoms with Gasteiger partial charge >= 0.3 is 0 Å². The van der Waals surface area contributed by atoms with E-state index in [9.17, 15) is 4.39 Å². The second-order valence-electron chi connectivity index (χ2n) is 5.48. The van der Waals surface area contributed by atoms with E-state index in [1.165, 1.54) is 47.1 Å². The smallest absolute Gasteiger partial charge is 0.142 e. The first-order valence-electron chi connectivity index (χ1n) is 7.19. The molecule has 2 aromatic rings. The Morgan fingerprint density at radius 1 is 1.29 bits per heavy atom. The highest BCUT2D eigenvalue weighted by Crippen LogP contribution is 2.34. The molecule has 3 N–H and O–H groups in total. The van der Waals surface area contributed by atoms with Crippen molar-refractivity contribution in [3.05, 3.63) is 56.0 Å². The lowest BCUT2D eigenvalue weighted by atomic mass is 9.98. The van der Waals surface area contributed by atoms with E-state index in [2.05, 4.69) is 11.5 Å². The normalized spacial score (nSPS) is 15.8. The van der Waals surface area contributed by atoms with E-state index in [0.29, 0.717) is 6.42 Å². The second kappa shape index (κ2) is 6.44. The summed E-state index contributed by atoms with van der Waals surface area (Å²) in [5.41, 5.74) is 5.22. The third kappa shape index (κ3) is 3.29. The molecule has 0 spiro atoms. The minimum Gasteiger partial charge on any atom is -0.271 e. The van der Waals surface area contributed by atoms with Gasteiger partial charge in [-0.15, -0.1) is 11.3 Å². The van der Waals surface area contributed by atoms with Crippen LogP contribution in [0.3, 0.4) is 0 Å². The fourth-order valence-electron chi connectivity index (χ4n) is 2.83. The van der Waals surface area contributed by atoms with Crippen molar-refractivity contribution in [1.82, 2.24) is 5.43 Å². The van der Waals surface area contributed by atoms with Gasteiger partial charge in [0.2, 0.25) is 0 Å². The van der Waals surface area contributed by atoms with Crippen molar-refractivity contribution in [2.75, 3.05) is 0 Å². The number of fused-ring (bicyclic) bond motifs is 1. The van der Waals surface area contributed by atoms with Crippen LogP contribution in [0, 0.1) is 5.82 Å². The number of hydrazine groups is 1. The summed E-state index contributed by atoms with van der Waals surface area (Å²) in [5.74, 6) is 5.34. The number of hydrogen-bond donors (Lipinski definition) is 2. The Hall–Kier alpha value is -0.940. The molecule has 1 aliphatic rings. The molecule has 1 aliphatic carbocycles. The summed E-state index contributed by atoms with van der Waals surface area (Å²) < 4.78 is 13.5. The molecule has 1 unspecified atom stereocenters. The van der Waals surface area contributed by atoms with Gasteiger partial charge in [0, 0.05) is 9.75 Å². The topological polar surface area (TPSA) is 38.0 Å². The molecule has 1 aromatic heterocycles. The van der Waals surface area contributed by atoms with Crippen molar-refractivity contribution in [1.29, 1.82) is 0 Å². The molecule has 0 bridgehead atoms. The molecule has 2 nitrogen and oxygen atoms in total. The molecule has 3 rings (SSSR count). The lowest BCUT2D eigenvalue weighted by Gasteiger charge is -2.14. The Morgan fingerprint density at radius 3 is 2.81 bits per heavy atom. The van der Waals surface area contributed by atoms with Gasteiger partial charge in [-0.25, -0.2) is 4.39 Å². The average Bonchev–Trinajstić information content (AvgIpc) is 2.92. The van der Waals surface area contributed by atoms with Crippen molar-refractivity contribution in [3.63, 3.8) is 0 Å². The molecule has 21 heavy (non-hydrogen) atoms. The maximum Gasteiger partial charge on any atom is 0.142 e. The van der Waals surface area contributed by atoms with Crippen molar-refractivity contribution >= 4 is 22.9 Å². The monoisotopic (exact) mass is 324 g/mol. The number of halogens is 2. The molecular weight excluding hydrogens is 307 g/mol. The van der Waals surface area contributed by atoms with Gasteiger partial charge in [0.1, 0.15) is 5.82 Å². The highest BCUT2D eigenvalue weighted by molar-refractivity contribution is 7.12. The maximum absolute atomic E-state index is 13.5. The lowest BCUT2D eigenvalue weighted by molar-refractivity contribution is 0.556. The van der Waals surface area contributed by atoms with Crippen LogP contribution in [0.15, 0.2) is 24.3 Å². The molecule has 1 atom stereocenters. The van der Waals surface area contributed by atoms with Crippen LogP contribution in [0.25, 0.3) is 0 Å². The average molecular weight is 325 g/mol. The molecule has 0 radical (unpaired) electrons. The van der Waals surface area contributed by atoms with Gasteiger partial charge in [0.25, 0.3) is 0 Å². The van der Waals surface area contributed by atoms with Crippen LogP contribution in [-0.4, -0.2) is 0 Å². The molecule has 1 aromatic carbocycles. The highest BCUT2D eigenvalue weighted by atomic mass is 35.5. The van der Waals surface area contributed by atoms with Crippen LogP contribution in [0.5, 0.6) is 0 Å². The summed E-state index contributed by atoms with van der Waals surface area (Å²) in [4.78, 5) is 2.72. The number of nitrogens with one attached hydrogen (secondary N) is 1. The largest absolute Gasteiger partial charge is 0.271 e. The van der Waals surface area contributed by atoms with Crippen LogP contribution in [0.1, 0.15) is 39.8 Å². The molecule has 1 heterocycles. The van der Waals surface area contributed by atoms with Gasteiger partial charge in [-0.05, 0) is 61.4 Å². The van der Waals surface area contributed by atoms with Crippen molar-refractivity contribution in [2.24, 2.45) is 5.84 Å². The second-order valence-corrected chi connectivity index (χ2v) is 7.05. The fourth-order valence-corrected chi connectivity index (χ4v) is 4.26. The van der Waals surface area contributed by atoms with Crippen LogP contribution < -0.4 is 11.3 Å². The summed E-state index contributed by atoms with van der Waals surface area (Å²) in [6.07, 6.45) is 5.54. The van der Waals surface area contributed by atoms with E-state index in [1.807, 2.05) is 17.4 Å². The Labute approximate surface area is 133 Å². The van der Waals surface area contributed by atoms with Gasteiger partial charge < -0.3 is 0 Å². The Bertz CT molecular complexity index is 618. The quantitative estimate of drug-likeness (QED) is 0.654. The van der Waals surface area contributed by atoms with E-state index in [0.717, 1.165) is 5.56 Å². The number of rotatable bonds is 4. The zero-order chi connectivity index (χ0) is 14.8. The summed E-state index contributed by atoms with van der Waals surface area (Å²) in [5, 5.41) is 0.155. The van der Waals surface area contributed by atoms with E-state index in [-0.39, 0.29) is 16.9 Å². The fraction of sp³-hybridized carbons (Fsp3) is 0.375. The third-order valence-electron chi connectivity index (χ3n) is 3.98. The van der Waals surface area contributed by atoms with E-state index in [4.69, 9.17) is 17.4 Å². The minimum absolute atomic E-state index is 0.0150. The van der Waals surface area contributed by atoms with Crippen molar-refractivity contribution in [3.8, 4) is 0 Å². The highest BCUT2D eigenvalue weighted by Gasteiger charge is 2.19. The SMILES string of the molecule is NNC(Cc1ccc(Cl)c(F)c1)c1cc2c(s1)CCCC2. The molecule has 0 amide bonds. The summed E-state index contributed by atoms with van der Waals surface area (Å²) in [6, 6.07) is 7.21. The summed E-state index contributed by atoms with van der Waals surface area (Å²) >= 11 is 7.56. The lowest BCUT2D eigenvalue weighted by Crippen LogP contribution is -2.29. The first-order valence-corrected chi connectivity index (χ1v) is 8.38. The van der Waals surface area contributed by atoms with Gasteiger partial charge in [-0.1, -0.05) is 17.7 Å². The Morgan fingerprint density at radius 2 is 2.10 bits per heavy atom. The molecule has 0 fully saturated rings. The zero-order valence-electron chi connectivity index (χ0n) is 11.7. The van der Waals surface area contributed by atoms with E-state index in [1.54, 1.807) is 6.07 Å². The van der Waals surface area contributed by atoms with Gasteiger partial charge in [-0.2, -0.15) is 0 Å². The standard InChI is InChI=1S/C16H18ClFN2S/c17-12-6-5-10(7-13(12)18)8-14(20-19)16-9-11-3-1-2-4-15(11)21-16/h5-7,9,14,20H,1-4,8,19H2. The number of hydrogen-bond acceptors (Lipinski definition) is 3. The predicted molar refractivity (Wildman–Crippen MR) is 86.1 cm³/mol. The van der Waals surface area contributed by atoms with Crippen molar-refractivity contribution < 1.29 is 4.39 Å². The van der Waals surface area contributed by atoms with Crippen LogP contribution in [-0.2, 0) is 19.3 Å². The first kappa shape index (κ1) is 15.0. The molecule has 0 aliphatic heterocycles. The molecule has 112 valence electrons. The van der Waals surface area contributed by atoms with Crippen LogP contribution in [0.4, 0.5) is 4.39 Å². The third-order valence-corrected chi connectivity index (χ3v) is 5.64. The number of aryl methyl sites for hydroxylation is 2. The van der Waals surface area contributed by atoms with Crippen molar-refractivity contribution in [2.45, 2.75) is 38.1 Å². The van der Waals surface area contributed by atoms with Gasteiger partial charge in [-0.3, -0.25) is 11.3 Å². The first-order chi connectivity index (χ1) is 10.2. The minimum atomic E-state index is -0.379. The summed E-state index contributed by atoms with van der Waals surface area (Å²) in [7, 11) is 0. The maximum atomic E-state index is 13.5. The van der Waals surface area contributed by atoms with E-state index >= 15 is 0 Å². The molecule has 0 saturated carbocycles.